The lowest BCUT2D eigenvalue weighted by atomic mass is 10.1. The molecule has 0 radical (unpaired) electrons. The molecule has 2 rings (SSSR count). The molecule has 0 fully saturated rings. The summed E-state index contributed by atoms with van der Waals surface area (Å²) in [6, 6.07) is 13.8. The van der Waals surface area contributed by atoms with Crippen molar-refractivity contribution in [3.05, 3.63) is 57.8 Å². The molecule has 128 valence electrons. The van der Waals surface area contributed by atoms with Crippen molar-refractivity contribution in [1.29, 1.82) is 0 Å². The minimum absolute atomic E-state index is 0.0231. The molecule has 0 aliphatic heterocycles. The van der Waals surface area contributed by atoms with Crippen LogP contribution in [0.5, 0.6) is 0 Å². The van der Waals surface area contributed by atoms with Crippen LogP contribution in [0.15, 0.2) is 42.5 Å². The van der Waals surface area contributed by atoms with E-state index in [1.165, 1.54) is 11.3 Å². The second-order valence-corrected chi connectivity index (χ2v) is 7.08. The number of nitrogens with one attached hydrogen (secondary N) is 2. The van der Waals surface area contributed by atoms with Crippen molar-refractivity contribution < 1.29 is 9.59 Å². The molecule has 0 saturated heterocycles. The van der Waals surface area contributed by atoms with E-state index in [2.05, 4.69) is 15.5 Å². The molecule has 24 heavy (non-hydrogen) atoms. The summed E-state index contributed by atoms with van der Waals surface area (Å²) < 4.78 is 0. The molecule has 0 spiro atoms. The fourth-order valence-electron chi connectivity index (χ4n) is 2.35. The topological polar surface area (TPSA) is 61.4 Å². The van der Waals surface area contributed by atoms with E-state index < -0.39 is 0 Å². The first-order valence-electron chi connectivity index (χ1n) is 7.80. The van der Waals surface area contributed by atoms with Crippen LogP contribution < -0.4 is 10.6 Å². The summed E-state index contributed by atoms with van der Waals surface area (Å²) in [4.78, 5) is 27.7. The molecule has 0 aliphatic rings. The summed E-state index contributed by atoms with van der Waals surface area (Å²) in [5.74, 6) is -0.408. The molecular weight excluding hydrogens is 322 g/mol. The molecule has 0 unspecified atom stereocenters. The predicted octanol–water partition coefficient (Wildman–Crippen LogP) is 2.21. The van der Waals surface area contributed by atoms with E-state index >= 15 is 0 Å². The average Bonchev–Trinajstić information content (AvgIpc) is 3.00. The SMILES string of the molecule is Cc1ccc(C(=O)NCC(=O)NC[C@H](c2ccccc2)N(C)C)s1. The number of benzene rings is 1. The number of hydrogen-bond acceptors (Lipinski definition) is 4. The molecule has 1 atom stereocenters. The highest BCUT2D eigenvalue weighted by atomic mass is 32.1. The zero-order chi connectivity index (χ0) is 17.5. The number of thiophene rings is 1. The largest absolute Gasteiger partial charge is 0.353 e. The lowest BCUT2D eigenvalue weighted by Gasteiger charge is -2.25. The molecule has 1 aromatic carbocycles. The van der Waals surface area contributed by atoms with Gasteiger partial charge in [-0.2, -0.15) is 0 Å². The molecule has 2 N–H and O–H groups in total. The van der Waals surface area contributed by atoms with Crippen LogP contribution >= 0.6 is 11.3 Å². The Morgan fingerprint density at radius 2 is 1.79 bits per heavy atom. The van der Waals surface area contributed by atoms with Gasteiger partial charge in [0.05, 0.1) is 17.5 Å². The molecule has 5 nitrogen and oxygen atoms in total. The van der Waals surface area contributed by atoms with Gasteiger partial charge in [-0.15, -0.1) is 11.3 Å². The third kappa shape index (κ3) is 5.18. The van der Waals surface area contributed by atoms with Crippen LogP contribution in [0.4, 0.5) is 0 Å². The molecule has 2 aromatic rings. The van der Waals surface area contributed by atoms with Crippen LogP contribution in [0.25, 0.3) is 0 Å². The number of rotatable bonds is 7. The van der Waals surface area contributed by atoms with Gasteiger partial charge in [0, 0.05) is 11.4 Å². The van der Waals surface area contributed by atoms with Gasteiger partial charge in [0.15, 0.2) is 0 Å². The van der Waals surface area contributed by atoms with Crippen LogP contribution in [-0.2, 0) is 4.79 Å². The Bertz CT molecular complexity index is 683. The first kappa shape index (κ1) is 18.2. The Morgan fingerprint density at radius 3 is 2.38 bits per heavy atom. The molecule has 1 heterocycles. The number of likely N-dealkylation sites (N-methyl/N-ethyl adjacent to an activating group) is 1. The highest BCUT2D eigenvalue weighted by molar-refractivity contribution is 7.13. The molecule has 0 saturated carbocycles. The van der Waals surface area contributed by atoms with E-state index in [1.807, 2.05) is 57.4 Å². The van der Waals surface area contributed by atoms with Crippen LogP contribution in [0.3, 0.4) is 0 Å². The number of amides is 2. The lowest BCUT2D eigenvalue weighted by Crippen LogP contribution is -2.40. The maximum Gasteiger partial charge on any atom is 0.261 e. The van der Waals surface area contributed by atoms with Crippen molar-refractivity contribution in [2.75, 3.05) is 27.2 Å². The summed E-state index contributed by atoms with van der Waals surface area (Å²) in [7, 11) is 3.95. The summed E-state index contributed by atoms with van der Waals surface area (Å²) in [5.41, 5.74) is 1.14. The smallest absolute Gasteiger partial charge is 0.261 e. The number of carbonyl (C=O) groups is 2. The van der Waals surface area contributed by atoms with Crippen LogP contribution in [0.2, 0.25) is 0 Å². The van der Waals surface area contributed by atoms with Gasteiger partial charge in [-0.05, 0) is 38.7 Å². The second-order valence-electron chi connectivity index (χ2n) is 5.79. The van der Waals surface area contributed by atoms with Crippen molar-refractivity contribution in [2.45, 2.75) is 13.0 Å². The predicted molar refractivity (Wildman–Crippen MR) is 97.3 cm³/mol. The third-order valence-corrected chi connectivity index (χ3v) is 4.67. The average molecular weight is 345 g/mol. The molecular formula is C18H23N3O2S. The van der Waals surface area contributed by atoms with Crippen molar-refractivity contribution in [1.82, 2.24) is 15.5 Å². The van der Waals surface area contributed by atoms with E-state index in [4.69, 9.17) is 0 Å². The first-order chi connectivity index (χ1) is 11.5. The number of nitrogens with zero attached hydrogens (tertiary/aromatic N) is 1. The van der Waals surface area contributed by atoms with Crippen LogP contribution in [0, 0.1) is 6.92 Å². The van der Waals surface area contributed by atoms with Gasteiger partial charge in [-0.3, -0.25) is 9.59 Å². The van der Waals surface area contributed by atoms with Crippen molar-refractivity contribution in [3.8, 4) is 0 Å². The highest BCUT2D eigenvalue weighted by Crippen LogP contribution is 2.16. The Kier molecular flexibility index (Phi) is 6.52. The van der Waals surface area contributed by atoms with Gasteiger partial charge in [-0.25, -0.2) is 0 Å². The maximum atomic E-state index is 12.0. The Morgan fingerprint density at radius 1 is 1.08 bits per heavy atom. The lowest BCUT2D eigenvalue weighted by molar-refractivity contribution is -0.120. The van der Waals surface area contributed by atoms with E-state index in [1.54, 1.807) is 6.07 Å². The summed E-state index contributed by atoms with van der Waals surface area (Å²) in [6.45, 7) is 2.41. The summed E-state index contributed by atoms with van der Waals surface area (Å²) >= 11 is 1.42. The fourth-order valence-corrected chi connectivity index (χ4v) is 3.13. The zero-order valence-corrected chi connectivity index (χ0v) is 15.0. The van der Waals surface area contributed by atoms with E-state index in [0.717, 1.165) is 10.4 Å². The molecule has 2 amide bonds. The second kappa shape index (κ2) is 8.61. The number of carbonyl (C=O) groups excluding carboxylic acids is 2. The zero-order valence-electron chi connectivity index (χ0n) is 14.2. The van der Waals surface area contributed by atoms with Gasteiger partial charge in [0.2, 0.25) is 5.91 Å². The first-order valence-corrected chi connectivity index (χ1v) is 8.61. The number of hydrogen-bond donors (Lipinski definition) is 2. The van der Waals surface area contributed by atoms with Crippen molar-refractivity contribution >= 4 is 23.2 Å². The van der Waals surface area contributed by atoms with Crippen LogP contribution in [0.1, 0.15) is 26.2 Å². The van der Waals surface area contributed by atoms with E-state index in [-0.39, 0.29) is 24.4 Å². The van der Waals surface area contributed by atoms with E-state index in [9.17, 15) is 9.59 Å². The molecule has 6 heteroatoms. The molecule has 0 aliphatic carbocycles. The minimum atomic E-state index is -0.213. The van der Waals surface area contributed by atoms with Gasteiger partial charge >= 0.3 is 0 Å². The van der Waals surface area contributed by atoms with Crippen molar-refractivity contribution in [2.24, 2.45) is 0 Å². The van der Waals surface area contributed by atoms with Gasteiger partial charge in [-0.1, -0.05) is 30.3 Å². The monoisotopic (exact) mass is 345 g/mol. The van der Waals surface area contributed by atoms with E-state index in [0.29, 0.717) is 11.4 Å². The quantitative estimate of drug-likeness (QED) is 0.809. The molecule has 1 aromatic heterocycles. The third-order valence-electron chi connectivity index (χ3n) is 3.67. The minimum Gasteiger partial charge on any atom is -0.353 e. The van der Waals surface area contributed by atoms with Gasteiger partial charge in [0.1, 0.15) is 0 Å². The van der Waals surface area contributed by atoms with Gasteiger partial charge < -0.3 is 15.5 Å². The van der Waals surface area contributed by atoms with Gasteiger partial charge in [0.25, 0.3) is 5.91 Å². The Balaban J connectivity index is 1.82. The highest BCUT2D eigenvalue weighted by Gasteiger charge is 2.15. The summed E-state index contributed by atoms with van der Waals surface area (Å²) in [6.07, 6.45) is 0. The standard InChI is InChI=1S/C18H23N3O2S/c1-13-9-10-16(24-13)18(23)20-12-17(22)19-11-15(21(2)3)14-7-5-4-6-8-14/h4-10,15H,11-12H2,1-3H3,(H,19,22)(H,20,23)/t15-/m1/s1. The van der Waals surface area contributed by atoms with Crippen LogP contribution in [-0.4, -0.2) is 43.9 Å². The number of aryl methyl sites for hydroxylation is 1. The Hall–Kier alpha value is -2.18. The molecule has 0 bridgehead atoms. The maximum absolute atomic E-state index is 12.0. The summed E-state index contributed by atoms with van der Waals surface area (Å²) in [5, 5.41) is 5.53. The Labute approximate surface area is 146 Å². The fraction of sp³-hybridized carbons (Fsp3) is 0.333. The van der Waals surface area contributed by atoms with Crippen molar-refractivity contribution in [3.63, 3.8) is 0 Å². The normalized spacial score (nSPS) is 12.0.